The summed E-state index contributed by atoms with van der Waals surface area (Å²) >= 11 is 0. The molecular formula is C16H22F2N2O3. The van der Waals surface area contributed by atoms with Crippen LogP contribution < -0.4 is 10.1 Å². The van der Waals surface area contributed by atoms with E-state index in [1.54, 1.807) is 12.1 Å². The lowest BCUT2D eigenvalue weighted by Crippen LogP contribution is -2.38. The predicted octanol–water partition coefficient (Wildman–Crippen LogP) is 2.43. The fourth-order valence-electron chi connectivity index (χ4n) is 2.77. The Kier molecular flexibility index (Phi) is 6.27. The Morgan fingerprint density at radius 2 is 2.13 bits per heavy atom. The molecule has 1 saturated carbocycles. The van der Waals surface area contributed by atoms with Crippen molar-refractivity contribution >= 4 is 5.91 Å². The van der Waals surface area contributed by atoms with E-state index in [-0.39, 0.29) is 24.8 Å². The van der Waals surface area contributed by atoms with Crippen molar-refractivity contribution in [3.8, 4) is 5.88 Å². The number of hydrogen-bond donors (Lipinski definition) is 2. The van der Waals surface area contributed by atoms with Crippen LogP contribution in [0.3, 0.4) is 0 Å². The van der Waals surface area contributed by atoms with Gasteiger partial charge in [-0.15, -0.1) is 0 Å². The first-order chi connectivity index (χ1) is 11.0. The summed E-state index contributed by atoms with van der Waals surface area (Å²) in [5.41, 5.74) is -0.399. The minimum absolute atomic E-state index is 0.0560. The standard InChI is InChI=1S/C16H22F2N2O3/c17-13(18)11-23-15-12(5-4-8-19-15)10-20-14(21)9-16(22)6-2-1-3-7-16/h4-5,8,13,22H,1-3,6-7,9-11H2,(H,20,21). The highest BCUT2D eigenvalue weighted by molar-refractivity contribution is 5.77. The molecule has 0 aliphatic heterocycles. The highest BCUT2D eigenvalue weighted by Crippen LogP contribution is 2.30. The van der Waals surface area contributed by atoms with Gasteiger partial charge in [0.15, 0.2) is 6.61 Å². The number of aromatic nitrogens is 1. The van der Waals surface area contributed by atoms with E-state index in [4.69, 9.17) is 4.74 Å². The summed E-state index contributed by atoms with van der Waals surface area (Å²) in [7, 11) is 0. The number of carbonyl (C=O) groups excluding carboxylic acids is 1. The van der Waals surface area contributed by atoms with Gasteiger partial charge in [-0.1, -0.05) is 25.3 Å². The Morgan fingerprint density at radius 1 is 1.39 bits per heavy atom. The second kappa shape index (κ2) is 8.19. The van der Waals surface area contributed by atoms with E-state index < -0.39 is 18.6 Å². The lowest BCUT2D eigenvalue weighted by atomic mass is 9.82. The Bertz CT molecular complexity index is 520. The third-order valence-corrected chi connectivity index (χ3v) is 3.95. The SMILES string of the molecule is O=C(CC1(O)CCCCC1)NCc1cccnc1OCC(F)F. The minimum atomic E-state index is -2.58. The molecule has 1 amide bonds. The van der Waals surface area contributed by atoms with Crippen LogP contribution in [0.25, 0.3) is 0 Å². The molecule has 1 aromatic heterocycles. The zero-order valence-electron chi connectivity index (χ0n) is 12.9. The van der Waals surface area contributed by atoms with E-state index >= 15 is 0 Å². The number of ether oxygens (including phenoxy) is 1. The normalized spacial score (nSPS) is 17.0. The van der Waals surface area contributed by atoms with Crippen LogP contribution >= 0.6 is 0 Å². The molecule has 1 heterocycles. The fourth-order valence-corrected chi connectivity index (χ4v) is 2.77. The molecule has 0 unspecified atom stereocenters. The predicted molar refractivity (Wildman–Crippen MR) is 80.2 cm³/mol. The molecule has 128 valence electrons. The fraction of sp³-hybridized carbons (Fsp3) is 0.625. The van der Waals surface area contributed by atoms with Crippen LogP contribution in [0.4, 0.5) is 8.78 Å². The maximum Gasteiger partial charge on any atom is 0.272 e. The van der Waals surface area contributed by atoms with E-state index in [0.29, 0.717) is 18.4 Å². The van der Waals surface area contributed by atoms with Gasteiger partial charge in [-0.3, -0.25) is 4.79 Å². The van der Waals surface area contributed by atoms with Gasteiger partial charge in [0.1, 0.15) is 0 Å². The molecular weight excluding hydrogens is 306 g/mol. The van der Waals surface area contributed by atoms with Gasteiger partial charge in [0.05, 0.1) is 12.0 Å². The lowest BCUT2D eigenvalue weighted by Gasteiger charge is -2.31. The Balaban J connectivity index is 1.86. The van der Waals surface area contributed by atoms with Gasteiger partial charge in [-0.05, 0) is 18.9 Å². The van der Waals surface area contributed by atoms with Crippen LogP contribution in [0.15, 0.2) is 18.3 Å². The molecule has 2 rings (SSSR count). The topological polar surface area (TPSA) is 71.5 Å². The van der Waals surface area contributed by atoms with E-state index in [1.807, 2.05) is 0 Å². The molecule has 0 saturated heterocycles. The Morgan fingerprint density at radius 3 is 2.83 bits per heavy atom. The number of hydrogen-bond acceptors (Lipinski definition) is 4. The molecule has 2 N–H and O–H groups in total. The van der Waals surface area contributed by atoms with Gasteiger partial charge in [-0.25, -0.2) is 13.8 Å². The number of alkyl halides is 2. The number of amides is 1. The molecule has 0 aromatic carbocycles. The zero-order valence-corrected chi connectivity index (χ0v) is 12.9. The number of rotatable bonds is 7. The van der Waals surface area contributed by atoms with Gasteiger partial charge in [0, 0.05) is 18.3 Å². The molecule has 1 aromatic rings. The van der Waals surface area contributed by atoms with Crippen molar-refractivity contribution in [2.45, 2.75) is 57.1 Å². The first-order valence-corrected chi connectivity index (χ1v) is 7.82. The van der Waals surface area contributed by atoms with Gasteiger partial charge >= 0.3 is 0 Å². The third kappa shape index (κ3) is 5.74. The molecule has 5 nitrogen and oxygen atoms in total. The first-order valence-electron chi connectivity index (χ1n) is 7.82. The Labute approximate surface area is 134 Å². The van der Waals surface area contributed by atoms with Crippen LogP contribution in [-0.4, -0.2) is 34.6 Å². The smallest absolute Gasteiger partial charge is 0.272 e. The highest BCUT2D eigenvalue weighted by atomic mass is 19.3. The van der Waals surface area contributed by atoms with E-state index in [9.17, 15) is 18.7 Å². The van der Waals surface area contributed by atoms with Crippen LogP contribution in [0.2, 0.25) is 0 Å². The number of pyridine rings is 1. The van der Waals surface area contributed by atoms with Crippen molar-refractivity contribution in [2.24, 2.45) is 0 Å². The van der Waals surface area contributed by atoms with Crippen molar-refractivity contribution in [2.75, 3.05) is 6.61 Å². The van der Waals surface area contributed by atoms with Crippen molar-refractivity contribution in [1.82, 2.24) is 10.3 Å². The van der Waals surface area contributed by atoms with Crippen molar-refractivity contribution in [3.63, 3.8) is 0 Å². The zero-order chi connectivity index (χ0) is 16.7. The average molecular weight is 328 g/mol. The summed E-state index contributed by atoms with van der Waals surface area (Å²) in [4.78, 5) is 15.9. The van der Waals surface area contributed by atoms with E-state index in [2.05, 4.69) is 10.3 Å². The number of nitrogens with zero attached hydrogens (tertiary/aromatic N) is 1. The molecule has 0 radical (unpaired) electrons. The summed E-state index contributed by atoms with van der Waals surface area (Å²) in [6.07, 6.45) is 3.13. The summed E-state index contributed by atoms with van der Waals surface area (Å²) in [6.45, 7) is -0.612. The van der Waals surface area contributed by atoms with E-state index in [0.717, 1.165) is 19.3 Å². The Hall–Kier alpha value is -1.76. The van der Waals surface area contributed by atoms with Crippen LogP contribution in [0, 0.1) is 0 Å². The molecule has 0 spiro atoms. The summed E-state index contributed by atoms with van der Waals surface area (Å²) in [5, 5.41) is 13.1. The van der Waals surface area contributed by atoms with Crippen LogP contribution in [0.1, 0.15) is 44.1 Å². The van der Waals surface area contributed by atoms with Gasteiger partial charge in [0.25, 0.3) is 6.43 Å². The molecule has 1 aliphatic rings. The summed E-state index contributed by atoms with van der Waals surface area (Å²) in [5.74, 6) is -0.178. The van der Waals surface area contributed by atoms with Crippen LogP contribution in [0.5, 0.6) is 5.88 Å². The maximum absolute atomic E-state index is 12.2. The highest BCUT2D eigenvalue weighted by Gasteiger charge is 2.31. The molecule has 0 atom stereocenters. The number of carbonyl (C=O) groups is 1. The average Bonchev–Trinajstić information content (AvgIpc) is 2.52. The largest absolute Gasteiger partial charge is 0.471 e. The van der Waals surface area contributed by atoms with Crippen molar-refractivity contribution < 1.29 is 23.4 Å². The quantitative estimate of drug-likeness (QED) is 0.806. The monoisotopic (exact) mass is 328 g/mol. The maximum atomic E-state index is 12.2. The second-order valence-electron chi connectivity index (χ2n) is 5.91. The summed E-state index contributed by atoms with van der Waals surface area (Å²) in [6, 6.07) is 3.30. The second-order valence-corrected chi connectivity index (χ2v) is 5.91. The van der Waals surface area contributed by atoms with Gasteiger partial charge < -0.3 is 15.2 Å². The van der Waals surface area contributed by atoms with Crippen LogP contribution in [-0.2, 0) is 11.3 Å². The van der Waals surface area contributed by atoms with E-state index in [1.165, 1.54) is 6.20 Å². The van der Waals surface area contributed by atoms with Gasteiger partial charge in [-0.2, -0.15) is 0 Å². The third-order valence-electron chi connectivity index (χ3n) is 3.95. The van der Waals surface area contributed by atoms with Crippen molar-refractivity contribution in [1.29, 1.82) is 0 Å². The van der Waals surface area contributed by atoms with Crippen molar-refractivity contribution in [3.05, 3.63) is 23.9 Å². The number of nitrogens with one attached hydrogen (secondary N) is 1. The number of halogens is 2. The minimum Gasteiger partial charge on any atom is -0.471 e. The molecule has 1 fully saturated rings. The molecule has 0 bridgehead atoms. The van der Waals surface area contributed by atoms with Gasteiger partial charge in [0.2, 0.25) is 11.8 Å². The first kappa shape index (κ1) is 17.6. The molecule has 1 aliphatic carbocycles. The number of aliphatic hydroxyl groups is 1. The molecule has 7 heteroatoms. The molecule has 23 heavy (non-hydrogen) atoms. The summed E-state index contributed by atoms with van der Waals surface area (Å²) < 4.78 is 29.4. The lowest BCUT2D eigenvalue weighted by molar-refractivity contribution is -0.127.